The first-order chi connectivity index (χ1) is 13.5. The Hall–Kier alpha value is -3.68. The molecule has 3 rings (SSSR count). The molecule has 0 aliphatic heterocycles. The SMILES string of the molecule is CN=C(NCc1cccc([N+](=O)[O-])c1)NCc1coc(-c2ccc(C)cc2)n1. The number of oxazole rings is 1. The maximum absolute atomic E-state index is 10.9. The van der Waals surface area contributed by atoms with Crippen LogP contribution >= 0.6 is 0 Å². The first-order valence-electron chi connectivity index (χ1n) is 8.74. The second kappa shape index (κ2) is 8.81. The first kappa shape index (κ1) is 19.1. The number of nitro benzene ring substituents is 1. The van der Waals surface area contributed by atoms with E-state index in [9.17, 15) is 10.1 Å². The zero-order valence-corrected chi connectivity index (χ0v) is 15.7. The van der Waals surface area contributed by atoms with Crippen LogP contribution in [0, 0.1) is 17.0 Å². The van der Waals surface area contributed by atoms with Gasteiger partial charge in [0.25, 0.3) is 5.69 Å². The van der Waals surface area contributed by atoms with Crippen LogP contribution in [0.2, 0.25) is 0 Å². The van der Waals surface area contributed by atoms with Gasteiger partial charge in [-0.2, -0.15) is 0 Å². The van der Waals surface area contributed by atoms with Crippen molar-refractivity contribution in [2.45, 2.75) is 20.0 Å². The van der Waals surface area contributed by atoms with Gasteiger partial charge in [0.05, 0.1) is 17.2 Å². The van der Waals surface area contributed by atoms with E-state index in [1.165, 1.54) is 17.7 Å². The molecule has 2 N–H and O–H groups in total. The molecular formula is C20H21N5O3. The summed E-state index contributed by atoms with van der Waals surface area (Å²) in [4.78, 5) is 19.1. The highest BCUT2D eigenvalue weighted by molar-refractivity contribution is 5.79. The maximum Gasteiger partial charge on any atom is 0.269 e. The highest BCUT2D eigenvalue weighted by Gasteiger charge is 2.08. The molecule has 8 nitrogen and oxygen atoms in total. The van der Waals surface area contributed by atoms with Gasteiger partial charge in [0.15, 0.2) is 5.96 Å². The fourth-order valence-electron chi connectivity index (χ4n) is 2.58. The van der Waals surface area contributed by atoms with Crippen molar-refractivity contribution in [3.05, 3.63) is 81.7 Å². The summed E-state index contributed by atoms with van der Waals surface area (Å²) in [6, 6.07) is 14.4. The van der Waals surface area contributed by atoms with Gasteiger partial charge in [-0.3, -0.25) is 15.1 Å². The van der Waals surface area contributed by atoms with E-state index in [0.717, 1.165) is 16.8 Å². The summed E-state index contributed by atoms with van der Waals surface area (Å²) in [6.45, 7) is 2.87. The highest BCUT2D eigenvalue weighted by Crippen LogP contribution is 2.19. The Morgan fingerprint density at radius 1 is 1.18 bits per heavy atom. The van der Waals surface area contributed by atoms with Gasteiger partial charge in [-0.1, -0.05) is 29.8 Å². The summed E-state index contributed by atoms with van der Waals surface area (Å²) in [5.41, 5.74) is 3.70. The largest absolute Gasteiger partial charge is 0.444 e. The predicted molar refractivity (Wildman–Crippen MR) is 107 cm³/mol. The second-order valence-electron chi connectivity index (χ2n) is 6.22. The number of aliphatic imine (C=N–C) groups is 1. The van der Waals surface area contributed by atoms with Gasteiger partial charge in [0.1, 0.15) is 6.26 Å². The molecule has 144 valence electrons. The van der Waals surface area contributed by atoms with Crippen LogP contribution in [0.5, 0.6) is 0 Å². The van der Waals surface area contributed by atoms with Gasteiger partial charge in [-0.25, -0.2) is 4.98 Å². The summed E-state index contributed by atoms with van der Waals surface area (Å²) < 4.78 is 5.55. The first-order valence-corrected chi connectivity index (χ1v) is 8.74. The number of guanidine groups is 1. The molecule has 2 aromatic carbocycles. The number of non-ortho nitro benzene ring substituents is 1. The van der Waals surface area contributed by atoms with Crippen LogP contribution in [0.4, 0.5) is 5.69 Å². The van der Waals surface area contributed by atoms with E-state index in [-0.39, 0.29) is 5.69 Å². The number of aromatic nitrogens is 1. The molecule has 1 aromatic heterocycles. The number of nitro groups is 1. The molecule has 8 heteroatoms. The molecule has 0 radical (unpaired) electrons. The lowest BCUT2D eigenvalue weighted by atomic mass is 10.1. The third-order valence-electron chi connectivity index (χ3n) is 4.09. The van der Waals surface area contributed by atoms with Crippen LogP contribution in [0.25, 0.3) is 11.5 Å². The fraction of sp³-hybridized carbons (Fsp3) is 0.200. The summed E-state index contributed by atoms with van der Waals surface area (Å²) in [5, 5.41) is 17.1. The van der Waals surface area contributed by atoms with Crippen molar-refractivity contribution >= 4 is 11.6 Å². The van der Waals surface area contributed by atoms with Crippen molar-refractivity contribution in [1.82, 2.24) is 15.6 Å². The molecule has 0 saturated heterocycles. The summed E-state index contributed by atoms with van der Waals surface area (Å²) in [6.07, 6.45) is 1.61. The highest BCUT2D eigenvalue weighted by atomic mass is 16.6. The fourth-order valence-corrected chi connectivity index (χ4v) is 2.58. The number of hydrogen-bond acceptors (Lipinski definition) is 5. The monoisotopic (exact) mass is 379 g/mol. The van der Waals surface area contributed by atoms with Crippen LogP contribution in [-0.2, 0) is 13.1 Å². The van der Waals surface area contributed by atoms with Crippen molar-refractivity contribution in [2.24, 2.45) is 4.99 Å². The zero-order chi connectivity index (χ0) is 19.9. The third kappa shape index (κ3) is 4.94. The summed E-state index contributed by atoms with van der Waals surface area (Å²) in [5.74, 6) is 1.13. The average Bonchev–Trinajstić information content (AvgIpc) is 3.18. The lowest BCUT2D eigenvalue weighted by Crippen LogP contribution is -2.36. The van der Waals surface area contributed by atoms with Crippen LogP contribution in [-0.4, -0.2) is 22.9 Å². The molecule has 0 amide bonds. The minimum absolute atomic E-state index is 0.0634. The molecule has 3 aromatic rings. The Bertz CT molecular complexity index is 980. The minimum atomic E-state index is -0.410. The smallest absolute Gasteiger partial charge is 0.269 e. The van der Waals surface area contributed by atoms with Gasteiger partial charge < -0.3 is 15.1 Å². The van der Waals surface area contributed by atoms with E-state index in [4.69, 9.17) is 4.42 Å². The molecule has 0 fully saturated rings. The van der Waals surface area contributed by atoms with E-state index in [0.29, 0.717) is 24.9 Å². The average molecular weight is 379 g/mol. The van der Waals surface area contributed by atoms with Gasteiger partial charge in [0, 0.05) is 31.3 Å². The molecule has 0 unspecified atom stereocenters. The van der Waals surface area contributed by atoms with Crippen LogP contribution in [0.1, 0.15) is 16.8 Å². The van der Waals surface area contributed by atoms with E-state index >= 15 is 0 Å². The van der Waals surface area contributed by atoms with E-state index in [1.807, 2.05) is 37.3 Å². The number of benzene rings is 2. The third-order valence-corrected chi connectivity index (χ3v) is 4.09. The van der Waals surface area contributed by atoms with Crippen molar-refractivity contribution in [3.8, 4) is 11.5 Å². The van der Waals surface area contributed by atoms with Crippen molar-refractivity contribution in [3.63, 3.8) is 0 Å². The number of rotatable bonds is 6. The van der Waals surface area contributed by atoms with Crippen molar-refractivity contribution < 1.29 is 9.34 Å². The second-order valence-corrected chi connectivity index (χ2v) is 6.22. The maximum atomic E-state index is 10.9. The van der Waals surface area contributed by atoms with Gasteiger partial charge >= 0.3 is 0 Å². The normalized spacial score (nSPS) is 11.3. The molecule has 0 bridgehead atoms. The van der Waals surface area contributed by atoms with E-state index in [1.54, 1.807) is 19.4 Å². The topological polar surface area (TPSA) is 106 Å². The summed E-state index contributed by atoms with van der Waals surface area (Å²) in [7, 11) is 1.66. The van der Waals surface area contributed by atoms with Crippen LogP contribution < -0.4 is 10.6 Å². The minimum Gasteiger partial charge on any atom is -0.444 e. The Kier molecular flexibility index (Phi) is 6.01. The standard InChI is InChI=1S/C20H21N5O3/c1-14-6-8-16(9-7-14)19-24-17(13-28-19)12-23-20(21-2)22-11-15-4-3-5-18(10-15)25(26)27/h3-10,13H,11-12H2,1-2H3,(H2,21,22,23). The van der Waals surface area contributed by atoms with Crippen LogP contribution in [0.15, 0.2) is 64.2 Å². The lowest BCUT2D eigenvalue weighted by molar-refractivity contribution is -0.384. The van der Waals surface area contributed by atoms with Crippen LogP contribution in [0.3, 0.4) is 0 Å². The van der Waals surface area contributed by atoms with Gasteiger partial charge in [-0.15, -0.1) is 0 Å². The molecule has 0 aliphatic rings. The Labute approximate surface area is 162 Å². The van der Waals surface area contributed by atoms with Gasteiger partial charge in [0.2, 0.25) is 5.89 Å². The Balaban J connectivity index is 1.55. The summed E-state index contributed by atoms with van der Waals surface area (Å²) >= 11 is 0. The number of nitrogens with one attached hydrogen (secondary N) is 2. The number of nitrogens with zero attached hydrogens (tertiary/aromatic N) is 3. The molecule has 0 atom stereocenters. The molecule has 0 saturated carbocycles. The molecule has 0 spiro atoms. The van der Waals surface area contributed by atoms with Gasteiger partial charge in [-0.05, 0) is 24.6 Å². The predicted octanol–water partition coefficient (Wildman–Crippen LogP) is 3.42. The molecule has 1 heterocycles. The number of hydrogen-bond donors (Lipinski definition) is 2. The van der Waals surface area contributed by atoms with Crippen molar-refractivity contribution in [2.75, 3.05) is 7.05 Å². The van der Waals surface area contributed by atoms with E-state index < -0.39 is 4.92 Å². The van der Waals surface area contributed by atoms with E-state index in [2.05, 4.69) is 20.6 Å². The Morgan fingerprint density at radius 3 is 2.64 bits per heavy atom. The molecular weight excluding hydrogens is 358 g/mol. The molecule has 0 aliphatic carbocycles. The lowest BCUT2D eigenvalue weighted by Gasteiger charge is -2.10. The zero-order valence-electron chi connectivity index (χ0n) is 15.7. The Morgan fingerprint density at radius 2 is 1.93 bits per heavy atom. The quantitative estimate of drug-likeness (QED) is 0.294. The number of aryl methyl sites for hydroxylation is 1. The van der Waals surface area contributed by atoms with Crippen molar-refractivity contribution in [1.29, 1.82) is 0 Å². The molecule has 28 heavy (non-hydrogen) atoms.